The molecule has 1 amide bonds. The third-order valence-corrected chi connectivity index (χ3v) is 4.25. The monoisotopic (exact) mass is 401 g/mol. The fraction of sp³-hybridized carbons (Fsp3) is 0.400. The Morgan fingerprint density at radius 2 is 1.86 bits per heavy atom. The normalized spacial score (nSPS) is 14.0. The van der Waals surface area contributed by atoms with E-state index in [4.69, 9.17) is 18.9 Å². The minimum Gasteiger partial charge on any atom is -0.488 e. The van der Waals surface area contributed by atoms with E-state index in [2.05, 4.69) is 9.97 Å². The topological polar surface area (TPSA) is 100 Å². The van der Waals surface area contributed by atoms with Gasteiger partial charge in [0.2, 0.25) is 5.88 Å². The van der Waals surface area contributed by atoms with Gasteiger partial charge in [0.15, 0.2) is 0 Å². The number of likely N-dealkylation sites (tertiary alicyclic amines) is 1. The van der Waals surface area contributed by atoms with E-state index in [1.165, 1.54) is 25.6 Å². The minimum absolute atomic E-state index is 0.147. The Kier molecular flexibility index (Phi) is 6.61. The van der Waals surface area contributed by atoms with Crippen LogP contribution in [0.15, 0.2) is 30.6 Å². The SMILES string of the molecule is COC[C@H](C)Oc1cc(Oc2cnc(C(=O)N3CCC3)cn2)cc(C(=O)OC)c1. The van der Waals surface area contributed by atoms with Crippen LogP contribution in [0.4, 0.5) is 0 Å². The highest BCUT2D eigenvalue weighted by molar-refractivity contribution is 5.92. The standard InChI is InChI=1S/C20H23N3O6/c1-13(12-26-2)28-15-7-14(20(25)27-3)8-16(9-15)29-18-11-21-17(10-22-18)19(24)23-5-4-6-23/h7-11,13H,4-6,12H2,1-3H3/t13-/m0/s1. The molecule has 3 rings (SSSR count). The van der Waals surface area contributed by atoms with Gasteiger partial charge in [-0.1, -0.05) is 0 Å². The molecular weight excluding hydrogens is 378 g/mol. The Bertz CT molecular complexity index is 867. The Hall–Kier alpha value is -3.20. The van der Waals surface area contributed by atoms with Crippen LogP contribution in [-0.4, -0.2) is 66.8 Å². The molecular formula is C20H23N3O6. The molecule has 0 N–H and O–H groups in total. The molecule has 1 fully saturated rings. The summed E-state index contributed by atoms with van der Waals surface area (Å²) >= 11 is 0. The summed E-state index contributed by atoms with van der Waals surface area (Å²) in [6, 6.07) is 4.70. The van der Waals surface area contributed by atoms with E-state index < -0.39 is 5.97 Å². The summed E-state index contributed by atoms with van der Waals surface area (Å²) in [6.07, 6.45) is 3.52. The predicted molar refractivity (Wildman–Crippen MR) is 102 cm³/mol. The number of hydrogen-bond donors (Lipinski definition) is 0. The number of benzene rings is 1. The van der Waals surface area contributed by atoms with E-state index in [0.717, 1.165) is 19.5 Å². The second kappa shape index (κ2) is 9.33. The molecule has 0 bridgehead atoms. The maximum atomic E-state index is 12.2. The number of ether oxygens (including phenoxy) is 4. The Labute approximate surface area is 168 Å². The van der Waals surface area contributed by atoms with Crippen LogP contribution in [0.5, 0.6) is 17.4 Å². The van der Waals surface area contributed by atoms with Crippen LogP contribution < -0.4 is 9.47 Å². The Morgan fingerprint density at radius 1 is 1.10 bits per heavy atom. The van der Waals surface area contributed by atoms with Crippen molar-refractivity contribution in [2.75, 3.05) is 33.9 Å². The van der Waals surface area contributed by atoms with Crippen molar-refractivity contribution in [2.24, 2.45) is 0 Å². The van der Waals surface area contributed by atoms with Crippen molar-refractivity contribution in [3.05, 3.63) is 41.9 Å². The highest BCUT2D eigenvalue weighted by atomic mass is 16.5. The van der Waals surface area contributed by atoms with Gasteiger partial charge in [-0.2, -0.15) is 0 Å². The third kappa shape index (κ3) is 5.20. The summed E-state index contributed by atoms with van der Waals surface area (Å²) in [5.74, 6) is 0.253. The Morgan fingerprint density at radius 3 is 2.45 bits per heavy atom. The first-order valence-electron chi connectivity index (χ1n) is 9.18. The lowest BCUT2D eigenvalue weighted by molar-refractivity contribution is 0.0597. The summed E-state index contributed by atoms with van der Waals surface area (Å²) in [7, 11) is 2.87. The molecule has 0 spiro atoms. The molecule has 2 aromatic rings. The van der Waals surface area contributed by atoms with Gasteiger partial charge >= 0.3 is 5.97 Å². The van der Waals surface area contributed by atoms with Gasteiger partial charge in [0.05, 0.1) is 31.7 Å². The molecule has 0 aliphatic carbocycles. The maximum absolute atomic E-state index is 12.2. The fourth-order valence-electron chi connectivity index (χ4n) is 2.72. The first kappa shape index (κ1) is 20.5. The van der Waals surface area contributed by atoms with Crippen LogP contribution in [0.25, 0.3) is 0 Å². The molecule has 1 aliphatic rings. The number of amides is 1. The average molecular weight is 401 g/mol. The van der Waals surface area contributed by atoms with Crippen molar-refractivity contribution in [1.82, 2.24) is 14.9 Å². The average Bonchev–Trinajstić information content (AvgIpc) is 2.66. The van der Waals surface area contributed by atoms with E-state index in [-0.39, 0.29) is 29.1 Å². The van der Waals surface area contributed by atoms with E-state index in [1.54, 1.807) is 24.1 Å². The minimum atomic E-state index is -0.527. The summed E-state index contributed by atoms with van der Waals surface area (Å²) in [6.45, 7) is 3.71. The van der Waals surface area contributed by atoms with Gasteiger partial charge in [-0.05, 0) is 25.5 Å². The molecule has 0 radical (unpaired) electrons. The molecule has 1 aliphatic heterocycles. The lowest BCUT2D eigenvalue weighted by Crippen LogP contribution is -2.42. The summed E-state index contributed by atoms with van der Waals surface area (Å²) in [5, 5.41) is 0. The number of methoxy groups -OCH3 is 2. The van der Waals surface area contributed by atoms with E-state index in [0.29, 0.717) is 18.1 Å². The zero-order valence-corrected chi connectivity index (χ0v) is 16.6. The third-order valence-electron chi connectivity index (χ3n) is 4.25. The van der Waals surface area contributed by atoms with Crippen LogP contribution in [0.3, 0.4) is 0 Å². The number of rotatable bonds is 8. The fourth-order valence-corrected chi connectivity index (χ4v) is 2.72. The molecule has 1 atom stereocenters. The van der Waals surface area contributed by atoms with Crippen LogP contribution in [0.1, 0.15) is 34.2 Å². The molecule has 1 saturated heterocycles. The van der Waals surface area contributed by atoms with Crippen molar-refractivity contribution in [3.63, 3.8) is 0 Å². The smallest absolute Gasteiger partial charge is 0.338 e. The number of hydrogen-bond acceptors (Lipinski definition) is 8. The largest absolute Gasteiger partial charge is 0.488 e. The van der Waals surface area contributed by atoms with Gasteiger partial charge in [-0.3, -0.25) is 4.79 Å². The maximum Gasteiger partial charge on any atom is 0.338 e. The number of carbonyl (C=O) groups excluding carboxylic acids is 2. The predicted octanol–water partition coefficient (Wildman–Crippen LogP) is 2.32. The van der Waals surface area contributed by atoms with Crippen molar-refractivity contribution >= 4 is 11.9 Å². The number of nitrogens with zero attached hydrogens (tertiary/aromatic N) is 3. The van der Waals surface area contributed by atoms with Gasteiger partial charge in [-0.15, -0.1) is 0 Å². The van der Waals surface area contributed by atoms with E-state index >= 15 is 0 Å². The van der Waals surface area contributed by atoms with Crippen molar-refractivity contribution in [1.29, 1.82) is 0 Å². The van der Waals surface area contributed by atoms with Crippen molar-refractivity contribution in [2.45, 2.75) is 19.4 Å². The van der Waals surface area contributed by atoms with Crippen molar-refractivity contribution < 1.29 is 28.5 Å². The molecule has 1 aromatic heterocycles. The van der Waals surface area contributed by atoms with E-state index in [9.17, 15) is 9.59 Å². The molecule has 29 heavy (non-hydrogen) atoms. The first-order valence-corrected chi connectivity index (χ1v) is 9.18. The van der Waals surface area contributed by atoms with Crippen molar-refractivity contribution in [3.8, 4) is 17.4 Å². The second-order valence-electron chi connectivity index (χ2n) is 6.56. The number of aromatic nitrogens is 2. The molecule has 154 valence electrons. The molecule has 0 saturated carbocycles. The quantitative estimate of drug-likeness (QED) is 0.621. The number of carbonyl (C=O) groups is 2. The summed E-state index contributed by atoms with van der Waals surface area (Å²) < 4.78 is 21.3. The highest BCUT2D eigenvalue weighted by Crippen LogP contribution is 2.27. The Balaban J connectivity index is 1.77. The van der Waals surface area contributed by atoms with Gasteiger partial charge in [0, 0.05) is 26.3 Å². The highest BCUT2D eigenvalue weighted by Gasteiger charge is 2.23. The van der Waals surface area contributed by atoms with E-state index in [1.807, 2.05) is 6.92 Å². The molecule has 9 heteroatoms. The van der Waals surface area contributed by atoms with Gasteiger partial charge in [0.1, 0.15) is 23.3 Å². The second-order valence-corrected chi connectivity index (χ2v) is 6.56. The lowest BCUT2D eigenvalue weighted by atomic mass is 10.2. The number of esters is 1. The summed E-state index contributed by atoms with van der Waals surface area (Å²) in [4.78, 5) is 34.1. The molecule has 9 nitrogen and oxygen atoms in total. The van der Waals surface area contributed by atoms with Crippen LogP contribution in [-0.2, 0) is 9.47 Å². The van der Waals surface area contributed by atoms with Gasteiger partial charge in [0.25, 0.3) is 5.91 Å². The molecule has 1 aromatic carbocycles. The lowest BCUT2D eigenvalue weighted by Gasteiger charge is -2.30. The zero-order valence-electron chi connectivity index (χ0n) is 16.6. The zero-order chi connectivity index (χ0) is 20.8. The van der Waals surface area contributed by atoms with Crippen LogP contribution in [0.2, 0.25) is 0 Å². The first-order chi connectivity index (χ1) is 14.0. The van der Waals surface area contributed by atoms with Crippen LogP contribution >= 0.6 is 0 Å². The molecule has 0 unspecified atom stereocenters. The summed E-state index contributed by atoms with van der Waals surface area (Å²) in [5.41, 5.74) is 0.528. The van der Waals surface area contributed by atoms with Gasteiger partial charge < -0.3 is 23.8 Å². The van der Waals surface area contributed by atoms with Gasteiger partial charge in [-0.25, -0.2) is 14.8 Å². The molecule has 2 heterocycles. The van der Waals surface area contributed by atoms with Crippen LogP contribution in [0, 0.1) is 0 Å².